The first kappa shape index (κ1) is 19.9. The zero-order valence-electron chi connectivity index (χ0n) is 12.7. The van der Waals surface area contributed by atoms with Crippen LogP contribution in [0.5, 0.6) is 5.75 Å². The largest absolute Gasteiger partial charge is 0.482 e. The number of nitrogens with one attached hydrogen (secondary N) is 1. The smallest absolute Gasteiger partial charge is 0.422 e. The van der Waals surface area contributed by atoms with E-state index in [9.17, 15) is 34.8 Å². The average molecular weight is 399 g/mol. The predicted octanol–water partition coefficient (Wildman–Crippen LogP) is 4.45. The Morgan fingerprint density at radius 3 is 2.08 bits per heavy atom. The normalized spacial score (nSPS) is 12.7. The third-order valence-corrected chi connectivity index (χ3v) is 4.43. The number of halogens is 6. The fourth-order valence-corrected chi connectivity index (χ4v) is 3.27. The first-order chi connectivity index (χ1) is 11.9. The van der Waals surface area contributed by atoms with Gasteiger partial charge in [-0.2, -0.15) is 26.3 Å². The molecule has 11 heteroatoms. The predicted molar refractivity (Wildman–Crippen MR) is 80.2 cm³/mol. The Labute approximate surface area is 144 Å². The minimum atomic E-state index is -4.93. The lowest BCUT2D eigenvalue weighted by Crippen LogP contribution is -2.21. The number of alkyl halides is 6. The van der Waals surface area contributed by atoms with Crippen LogP contribution >= 0.6 is 0 Å². The first-order valence-corrected chi connectivity index (χ1v) is 8.36. The molecule has 0 aromatic heterocycles. The van der Waals surface area contributed by atoms with E-state index >= 15 is 0 Å². The Hall–Kier alpha value is -2.43. The highest BCUT2D eigenvalue weighted by Gasteiger charge is 2.37. The van der Waals surface area contributed by atoms with Gasteiger partial charge in [-0.05, 0) is 24.3 Å². The number of anilines is 1. The molecule has 0 fully saturated rings. The molecule has 0 bridgehead atoms. The van der Waals surface area contributed by atoms with Gasteiger partial charge >= 0.3 is 12.4 Å². The lowest BCUT2D eigenvalue weighted by molar-refractivity contribution is -0.153. The van der Waals surface area contributed by atoms with Gasteiger partial charge in [-0.1, -0.05) is 24.3 Å². The van der Waals surface area contributed by atoms with Crippen LogP contribution in [0.25, 0.3) is 0 Å². The number of hydrogen-bond donors (Lipinski definition) is 1. The lowest BCUT2D eigenvalue weighted by Gasteiger charge is -2.17. The maximum atomic E-state index is 13.0. The fraction of sp³-hybridized carbons (Fsp3) is 0.200. The van der Waals surface area contributed by atoms with E-state index in [4.69, 9.17) is 0 Å². The number of ether oxygens (including phenoxy) is 1. The molecule has 1 N–H and O–H groups in total. The first-order valence-electron chi connectivity index (χ1n) is 6.88. The van der Waals surface area contributed by atoms with Gasteiger partial charge in [-0.15, -0.1) is 0 Å². The van der Waals surface area contributed by atoms with Gasteiger partial charge in [0.25, 0.3) is 10.0 Å². The lowest BCUT2D eigenvalue weighted by atomic mass is 10.2. The fourth-order valence-electron chi connectivity index (χ4n) is 1.97. The Balaban J connectivity index is 2.38. The molecule has 2 aromatic carbocycles. The number of sulfonamides is 1. The van der Waals surface area contributed by atoms with Crippen LogP contribution < -0.4 is 9.46 Å². The van der Waals surface area contributed by atoms with Gasteiger partial charge in [0, 0.05) is 0 Å². The molecule has 0 radical (unpaired) electrons. The van der Waals surface area contributed by atoms with Crippen LogP contribution in [-0.2, 0) is 16.2 Å². The summed E-state index contributed by atoms with van der Waals surface area (Å²) in [5, 5.41) is 0. The maximum Gasteiger partial charge on any atom is 0.422 e. The van der Waals surface area contributed by atoms with E-state index in [1.807, 2.05) is 4.72 Å². The van der Waals surface area contributed by atoms with Gasteiger partial charge in [-0.25, -0.2) is 8.42 Å². The third kappa shape index (κ3) is 5.04. The van der Waals surface area contributed by atoms with Gasteiger partial charge in [0.15, 0.2) is 6.61 Å². The van der Waals surface area contributed by atoms with Crippen LogP contribution in [-0.4, -0.2) is 21.2 Å². The summed E-state index contributed by atoms with van der Waals surface area (Å²) in [4.78, 5) is -1.06. The molecule has 0 atom stereocenters. The molecular formula is C15H11F6NO3S. The third-order valence-electron chi connectivity index (χ3n) is 3.00. The Morgan fingerprint density at radius 2 is 1.46 bits per heavy atom. The van der Waals surface area contributed by atoms with Crippen LogP contribution in [0, 0.1) is 0 Å². The van der Waals surface area contributed by atoms with Crippen molar-refractivity contribution >= 4 is 15.7 Å². The second kappa shape index (κ2) is 7.06. The van der Waals surface area contributed by atoms with E-state index in [0.717, 1.165) is 30.3 Å². The van der Waals surface area contributed by atoms with Crippen LogP contribution in [0.2, 0.25) is 0 Å². The Kier molecular flexibility index (Phi) is 5.40. The summed E-state index contributed by atoms with van der Waals surface area (Å²) in [6, 6.07) is 8.13. The van der Waals surface area contributed by atoms with E-state index < -0.39 is 50.9 Å². The van der Waals surface area contributed by atoms with Crippen molar-refractivity contribution in [2.24, 2.45) is 0 Å². The minimum Gasteiger partial charge on any atom is -0.482 e. The summed E-state index contributed by atoms with van der Waals surface area (Å²) in [5.41, 5.74) is -1.82. The minimum absolute atomic E-state index is 0.422. The van der Waals surface area contributed by atoms with Gasteiger partial charge in [0.2, 0.25) is 0 Å². The van der Waals surface area contributed by atoms with Gasteiger partial charge in [0.1, 0.15) is 5.75 Å². The molecule has 0 amide bonds. The van der Waals surface area contributed by atoms with Crippen molar-refractivity contribution < 1.29 is 39.5 Å². The quantitative estimate of drug-likeness (QED) is 0.756. The van der Waals surface area contributed by atoms with Crippen molar-refractivity contribution in [2.75, 3.05) is 11.3 Å². The molecule has 0 saturated heterocycles. The number of para-hydroxylation sites is 2. The zero-order chi connectivity index (χ0) is 19.6. The van der Waals surface area contributed by atoms with Crippen LogP contribution in [0.3, 0.4) is 0 Å². The van der Waals surface area contributed by atoms with E-state index in [2.05, 4.69) is 4.74 Å². The summed E-state index contributed by atoms with van der Waals surface area (Å²) in [6.07, 6.45) is -9.60. The number of rotatable bonds is 5. The second-order valence-electron chi connectivity index (χ2n) is 5.00. The molecule has 0 unspecified atom stereocenters. The average Bonchev–Trinajstić information content (AvgIpc) is 2.52. The molecule has 0 aliphatic carbocycles. The van der Waals surface area contributed by atoms with E-state index in [0.29, 0.717) is 6.07 Å². The zero-order valence-corrected chi connectivity index (χ0v) is 13.5. The van der Waals surface area contributed by atoms with E-state index in [1.165, 1.54) is 12.1 Å². The summed E-state index contributed by atoms with van der Waals surface area (Å²) in [7, 11) is -4.73. The molecular weight excluding hydrogens is 388 g/mol. The molecule has 4 nitrogen and oxygen atoms in total. The van der Waals surface area contributed by atoms with Crippen molar-refractivity contribution in [1.29, 1.82) is 0 Å². The van der Waals surface area contributed by atoms with Crippen molar-refractivity contribution in [3.8, 4) is 5.75 Å². The van der Waals surface area contributed by atoms with Crippen molar-refractivity contribution in [3.63, 3.8) is 0 Å². The van der Waals surface area contributed by atoms with E-state index in [1.54, 1.807) is 0 Å². The molecule has 0 aliphatic heterocycles. The molecule has 26 heavy (non-hydrogen) atoms. The van der Waals surface area contributed by atoms with Crippen molar-refractivity contribution in [2.45, 2.75) is 17.2 Å². The Bertz CT molecular complexity index is 877. The van der Waals surface area contributed by atoms with Crippen molar-refractivity contribution in [1.82, 2.24) is 0 Å². The SMILES string of the molecule is O=S(=O)(Nc1ccccc1OCC(F)(F)F)c1ccccc1C(F)(F)F. The van der Waals surface area contributed by atoms with Gasteiger partial charge in [-0.3, -0.25) is 4.72 Å². The van der Waals surface area contributed by atoms with Crippen LogP contribution in [0.1, 0.15) is 5.56 Å². The van der Waals surface area contributed by atoms with Crippen molar-refractivity contribution in [3.05, 3.63) is 54.1 Å². The second-order valence-corrected chi connectivity index (χ2v) is 6.65. The van der Waals surface area contributed by atoms with Crippen LogP contribution in [0.4, 0.5) is 32.0 Å². The number of hydrogen-bond acceptors (Lipinski definition) is 3. The summed E-state index contributed by atoms with van der Waals surface area (Å²) in [5.74, 6) is -0.474. The summed E-state index contributed by atoms with van der Waals surface area (Å²) in [6.45, 7) is -1.69. The summed E-state index contributed by atoms with van der Waals surface area (Å²) < 4.78 is 107. The van der Waals surface area contributed by atoms with Gasteiger partial charge in [0.05, 0.1) is 16.1 Å². The molecule has 0 saturated carbocycles. The highest BCUT2D eigenvalue weighted by molar-refractivity contribution is 7.92. The van der Waals surface area contributed by atoms with Crippen LogP contribution in [0.15, 0.2) is 53.4 Å². The highest BCUT2D eigenvalue weighted by Crippen LogP contribution is 2.35. The van der Waals surface area contributed by atoms with Gasteiger partial charge < -0.3 is 4.74 Å². The molecule has 142 valence electrons. The topological polar surface area (TPSA) is 55.4 Å². The number of benzene rings is 2. The highest BCUT2D eigenvalue weighted by atomic mass is 32.2. The molecule has 0 heterocycles. The maximum absolute atomic E-state index is 13.0. The molecule has 2 aromatic rings. The molecule has 0 aliphatic rings. The Morgan fingerprint density at radius 1 is 0.885 bits per heavy atom. The summed E-state index contributed by atoms with van der Waals surface area (Å²) >= 11 is 0. The molecule has 0 spiro atoms. The standard InChI is InChI=1S/C15H11F6NO3S/c16-14(17,18)9-25-12-7-3-2-6-11(12)22-26(23,24)13-8-4-1-5-10(13)15(19,20)21/h1-8,22H,9H2. The monoisotopic (exact) mass is 399 g/mol. The van der Waals surface area contributed by atoms with E-state index in [-0.39, 0.29) is 0 Å². The molecule has 2 rings (SSSR count).